The summed E-state index contributed by atoms with van der Waals surface area (Å²) in [6.45, 7) is 0. The zero-order valence-corrected chi connectivity index (χ0v) is 22.7. The van der Waals surface area contributed by atoms with E-state index in [1.165, 1.54) is 11.0 Å². The Hall–Kier alpha value is -4.29. The fraction of sp³-hybridized carbons (Fsp3) is 0.345. The summed E-state index contributed by atoms with van der Waals surface area (Å²) in [5.41, 5.74) is 1.65. The summed E-state index contributed by atoms with van der Waals surface area (Å²) in [4.78, 5) is 42.8. The number of aromatic hydroxyl groups is 1. The van der Waals surface area contributed by atoms with Crippen molar-refractivity contribution in [1.29, 1.82) is 0 Å². The van der Waals surface area contributed by atoms with Crippen LogP contribution in [0, 0.1) is 23.5 Å². The van der Waals surface area contributed by atoms with Crippen molar-refractivity contribution >= 4 is 23.2 Å². The van der Waals surface area contributed by atoms with Crippen molar-refractivity contribution in [3.63, 3.8) is 0 Å². The van der Waals surface area contributed by atoms with E-state index in [1.54, 1.807) is 33.1 Å². The monoisotopic (exact) mass is 569 g/mol. The number of aliphatic hydroxyl groups excluding tert-OH is 2. The lowest BCUT2D eigenvalue weighted by Crippen LogP contribution is -2.63. The lowest BCUT2D eigenvalue weighted by molar-refractivity contribution is -0.148. The van der Waals surface area contributed by atoms with E-state index in [4.69, 9.17) is 5.73 Å². The first-order valence-electron chi connectivity index (χ1n) is 12.8. The van der Waals surface area contributed by atoms with Crippen LogP contribution in [-0.2, 0) is 16.0 Å². The molecule has 10 nitrogen and oxygen atoms in total. The first-order chi connectivity index (χ1) is 19.1. The fourth-order valence-electron chi connectivity index (χ4n) is 6.61. The molecule has 0 unspecified atom stereocenters. The Morgan fingerprint density at radius 1 is 1.05 bits per heavy atom. The second-order valence-electron chi connectivity index (χ2n) is 11.1. The number of halogens is 2. The molecule has 0 spiro atoms. The topological polar surface area (TPSA) is 165 Å². The molecule has 41 heavy (non-hydrogen) atoms. The average molecular weight is 570 g/mol. The molecule has 2 aromatic rings. The van der Waals surface area contributed by atoms with Crippen LogP contribution in [0.2, 0.25) is 0 Å². The van der Waals surface area contributed by atoms with Crippen molar-refractivity contribution < 1.29 is 43.6 Å². The molecule has 0 radical (unpaired) electrons. The van der Waals surface area contributed by atoms with Crippen LogP contribution in [0.25, 0.3) is 11.1 Å². The Morgan fingerprint density at radius 3 is 2.27 bits per heavy atom. The molecule has 12 heteroatoms. The van der Waals surface area contributed by atoms with Gasteiger partial charge in [0.05, 0.1) is 11.6 Å². The molecule has 0 bridgehead atoms. The Kier molecular flexibility index (Phi) is 6.47. The van der Waals surface area contributed by atoms with Crippen molar-refractivity contribution in [1.82, 2.24) is 4.90 Å². The van der Waals surface area contributed by atoms with Gasteiger partial charge >= 0.3 is 0 Å². The summed E-state index contributed by atoms with van der Waals surface area (Å²) in [6.07, 6.45) is 0.00945. The summed E-state index contributed by atoms with van der Waals surface area (Å²) < 4.78 is 28.4. The molecule has 6 N–H and O–H groups in total. The third-order valence-corrected chi connectivity index (χ3v) is 8.40. The van der Waals surface area contributed by atoms with Crippen LogP contribution >= 0.6 is 0 Å². The van der Waals surface area contributed by atoms with Gasteiger partial charge in [0.25, 0.3) is 5.91 Å². The summed E-state index contributed by atoms with van der Waals surface area (Å²) in [7, 11) is 6.46. The highest BCUT2D eigenvalue weighted by Crippen LogP contribution is 2.54. The second kappa shape index (κ2) is 9.38. The van der Waals surface area contributed by atoms with Gasteiger partial charge < -0.3 is 31.1 Å². The molecule has 3 aliphatic carbocycles. The molecule has 3 aliphatic rings. The number of likely N-dealkylation sites (N-methyl/N-ethyl adjacent to an activating group) is 1. The number of fused-ring (bicyclic) bond motifs is 3. The molecule has 2 aromatic carbocycles. The molecule has 1 amide bonds. The Morgan fingerprint density at radius 2 is 1.71 bits per heavy atom. The molecule has 0 heterocycles. The Bertz CT molecular complexity index is 1610. The number of benzene rings is 2. The Labute approximate surface area is 233 Å². The van der Waals surface area contributed by atoms with Gasteiger partial charge in [-0.15, -0.1) is 0 Å². The predicted molar refractivity (Wildman–Crippen MR) is 143 cm³/mol. The summed E-state index contributed by atoms with van der Waals surface area (Å²) in [6, 6.07) is 3.14. The van der Waals surface area contributed by atoms with Crippen LogP contribution in [-0.4, -0.2) is 82.6 Å². The number of nitrogens with two attached hydrogens (primary N) is 1. The van der Waals surface area contributed by atoms with Gasteiger partial charge in [-0.1, -0.05) is 0 Å². The number of allylic oxidation sites excluding steroid dienone is 1. The maximum Gasteiger partial charge on any atom is 0.255 e. The average Bonchev–Trinajstić information content (AvgIpc) is 2.86. The standard InChI is InChI=1S/C29H29F2N3O7/c1-33(2)18-10-14(13-6-5-12(30)9-17(13)31)23(35)20-15(18)7-11-8-16-22(34(3)4)25(37)21(28(32)40)27(39)29(16,41)26(38)19(11)24(20)36/h5-6,9-11,16,22,35,37-38,41H,7-8H2,1-4H3,(H2,32,40)/t11-,16+,22+,29+/m1/s1. The molecule has 0 aliphatic heterocycles. The van der Waals surface area contributed by atoms with Gasteiger partial charge in [0, 0.05) is 48.5 Å². The maximum atomic E-state index is 14.8. The number of aliphatic hydroxyl groups is 3. The summed E-state index contributed by atoms with van der Waals surface area (Å²) >= 11 is 0. The van der Waals surface area contributed by atoms with Gasteiger partial charge in [0.1, 0.15) is 34.5 Å². The van der Waals surface area contributed by atoms with Gasteiger partial charge in [-0.3, -0.25) is 19.3 Å². The van der Waals surface area contributed by atoms with E-state index in [0.29, 0.717) is 17.3 Å². The van der Waals surface area contributed by atoms with Crippen molar-refractivity contribution in [3.05, 3.63) is 69.7 Å². The molecule has 0 saturated carbocycles. The number of phenolic OH excluding ortho intramolecular Hbond substituents is 1. The number of Topliss-reactive ketones (excluding diaryl/α,β-unsaturated/α-hetero) is 2. The Balaban J connectivity index is 1.77. The minimum Gasteiger partial charge on any atom is -0.510 e. The number of anilines is 1. The van der Waals surface area contributed by atoms with Crippen LogP contribution in [0.1, 0.15) is 22.3 Å². The van der Waals surface area contributed by atoms with Crippen molar-refractivity contribution in [2.45, 2.75) is 24.5 Å². The van der Waals surface area contributed by atoms with Crippen molar-refractivity contribution in [3.8, 4) is 16.9 Å². The first kappa shape index (κ1) is 28.2. The minimum absolute atomic E-state index is 0.0618. The molecule has 0 aromatic heterocycles. The predicted octanol–water partition coefficient (Wildman–Crippen LogP) is 2.13. The third-order valence-electron chi connectivity index (χ3n) is 8.40. The van der Waals surface area contributed by atoms with E-state index in [2.05, 4.69) is 0 Å². The number of phenols is 1. The normalized spacial score (nSPS) is 25.7. The SMILES string of the molecule is CN(C)c1cc(-c2ccc(F)cc2F)c(O)c2c1C[C@@H]1C[C@H]3[C@H](N(C)C)C(O)=C(C(N)=O)C(=O)[C@@]3(O)C(O)=C1C2=O. The van der Waals surface area contributed by atoms with Gasteiger partial charge in [-0.05, 0) is 56.6 Å². The molecule has 0 fully saturated rings. The highest BCUT2D eigenvalue weighted by Gasteiger charge is 2.63. The molecule has 4 atom stereocenters. The van der Waals surface area contributed by atoms with Crippen LogP contribution < -0.4 is 10.6 Å². The quantitative estimate of drug-likeness (QED) is 0.347. The van der Waals surface area contributed by atoms with Crippen LogP contribution in [0.5, 0.6) is 5.75 Å². The highest BCUT2D eigenvalue weighted by atomic mass is 19.1. The lowest BCUT2D eigenvalue weighted by atomic mass is 9.58. The zero-order chi connectivity index (χ0) is 30.3. The number of hydrogen-bond donors (Lipinski definition) is 5. The number of hydrogen-bond acceptors (Lipinski definition) is 9. The van der Waals surface area contributed by atoms with E-state index in [-0.39, 0.29) is 35.1 Å². The molecular formula is C29H29F2N3O7. The summed E-state index contributed by atoms with van der Waals surface area (Å²) in [5, 5.41) is 45.4. The van der Waals surface area contributed by atoms with Gasteiger partial charge in [-0.2, -0.15) is 0 Å². The lowest BCUT2D eigenvalue weighted by Gasteiger charge is -2.50. The smallest absolute Gasteiger partial charge is 0.255 e. The van der Waals surface area contributed by atoms with Crippen molar-refractivity contribution in [2.75, 3.05) is 33.1 Å². The largest absolute Gasteiger partial charge is 0.510 e. The van der Waals surface area contributed by atoms with Crippen LogP contribution in [0.3, 0.4) is 0 Å². The van der Waals surface area contributed by atoms with E-state index in [9.17, 15) is 43.6 Å². The molecular weight excluding hydrogens is 540 g/mol. The van der Waals surface area contributed by atoms with Crippen LogP contribution in [0.15, 0.2) is 46.9 Å². The van der Waals surface area contributed by atoms with E-state index in [0.717, 1.165) is 12.1 Å². The second-order valence-corrected chi connectivity index (χ2v) is 11.1. The van der Waals surface area contributed by atoms with Gasteiger partial charge in [0.15, 0.2) is 11.4 Å². The number of amides is 1. The molecule has 5 rings (SSSR count). The van der Waals surface area contributed by atoms with Gasteiger partial charge in [0.2, 0.25) is 5.78 Å². The number of carbonyl (C=O) groups is 3. The van der Waals surface area contributed by atoms with E-state index >= 15 is 0 Å². The maximum absolute atomic E-state index is 14.8. The van der Waals surface area contributed by atoms with E-state index in [1.807, 2.05) is 0 Å². The number of carbonyl (C=O) groups excluding carboxylic acids is 3. The van der Waals surface area contributed by atoms with E-state index < -0.39 is 75.4 Å². The minimum atomic E-state index is -2.77. The van der Waals surface area contributed by atoms with Crippen molar-refractivity contribution in [2.24, 2.45) is 17.6 Å². The fourth-order valence-corrected chi connectivity index (χ4v) is 6.61. The zero-order valence-electron chi connectivity index (χ0n) is 22.7. The molecule has 216 valence electrons. The third kappa shape index (κ3) is 3.85. The number of ketones is 2. The summed E-state index contributed by atoms with van der Waals surface area (Å²) in [5.74, 6) is -9.55. The number of primary amides is 1. The molecule has 0 saturated heterocycles. The number of rotatable bonds is 4. The first-order valence-corrected chi connectivity index (χ1v) is 12.8. The van der Waals surface area contributed by atoms with Crippen LogP contribution in [0.4, 0.5) is 14.5 Å². The van der Waals surface area contributed by atoms with Gasteiger partial charge in [-0.25, -0.2) is 8.78 Å². The number of nitrogens with zero attached hydrogens (tertiary/aromatic N) is 2. The highest BCUT2D eigenvalue weighted by molar-refractivity contribution is 6.25.